The van der Waals surface area contributed by atoms with Crippen LogP contribution in [0, 0.1) is 11.8 Å². The first-order valence-electron chi connectivity index (χ1n) is 5.81. The topological polar surface area (TPSA) is 84.2 Å². The Morgan fingerprint density at radius 1 is 1.62 bits per heavy atom. The van der Waals surface area contributed by atoms with E-state index in [4.69, 9.17) is 5.73 Å². The molecule has 1 aliphatic heterocycles. The second-order valence-electron chi connectivity index (χ2n) is 4.63. The van der Waals surface area contributed by atoms with Gasteiger partial charge in [0, 0.05) is 25.6 Å². The first-order chi connectivity index (χ1) is 7.54. The number of nitrogens with two attached hydrogens (primary N) is 1. The van der Waals surface area contributed by atoms with Gasteiger partial charge in [0.05, 0.1) is 5.92 Å². The maximum absolute atomic E-state index is 11.9. The molecule has 0 bridgehead atoms. The molecule has 1 saturated heterocycles. The summed E-state index contributed by atoms with van der Waals surface area (Å²) in [7, 11) is 0. The summed E-state index contributed by atoms with van der Waals surface area (Å²) in [5.41, 5.74) is 5.57. The lowest BCUT2D eigenvalue weighted by Gasteiger charge is -2.26. The highest BCUT2D eigenvalue weighted by Crippen LogP contribution is 2.11. The fourth-order valence-corrected chi connectivity index (χ4v) is 1.85. The summed E-state index contributed by atoms with van der Waals surface area (Å²) in [5.74, 6) is 0.157. The van der Waals surface area contributed by atoms with E-state index in [1.54, 1.807) is 0 Å². The van der Waals surface area contributed by atoms with Crippen LogP contribution in [0.1, 0.15) is 26.7 Å². The smallest absolute Gasteiger partial charge is 0.224 e. The highest BCUT2D eigenvalue weighted by Gasteiger charge is 2.25. The van der Waals surface area contributed by atoms with E-state index in [0.29, 0.717) is 25.9 Å². The lowest BCUT2D eigenvalue weighted by molar-refractivity contribution is -0.128. The first-order valence-corrected chi connectivity index (χ1v) is 5.81. The second kappa shape index (κ2) is 5.84. The first kappa shape index (κ1) is 13.0. The third-order valence-electron chi connectivity index (χ3n) is 3.01. The average molecular weight is 227 g/mol. The van der Waals surface area contributed by atoms with Crippen molar-refractivity contribution in [3.05, 3.63) is 0 Å². The van der Waals surface area contributed by atoms with Gasteiger partial charge in [-0.2, -0.15) is 0 Å². The van der Waals surface area contributed by atoms with Crippen LogP contribution in [0.3, 0.4) is 0 Å². The molecule has 0 radical (unpaired) electrons. The quantitative estimate of drug-likeness (QED) is 0.611. The van der Waals surface area contributed by atoms with E-state index >= 15 is 0 Å². The number of hydrogen-bond donors (Lipinski definition) is 3. The SMILES string of the molecule is CC(C)C(CN)C(=O)NC1CCC(=O)NC1. The van der Waals surface area contributed by atoms with Crippen molar-refractivity contribution in [2.45, 2.75) is 32.7 Å². The highest BCUT2D eigenvalue weighted by molar-refractivity contribution is 5.80. The van der Waals surface area contributed by atoms with E-state index < -0.39 is 0 Å². The molecule has 0 aromatic rings. The van der Waals surface area contributed by atoms with Crippen LogP contribution in [0.15, 0.2) is 0 Å². The van der Waals surface area contributed by atoms with E-state index in [1.165, 1.54) is 0 Å². The van der Waals surface area contributed by atoms with E-state index in [9.17, 15) is 9.59 Å². The van der Waals surface area contributed by atoms with Crippen molar-refractivity contribution in [3.8, 4) is 0 Å². The Morgan fingerprint density at radius 2 is 2.31 bits per heavy atom. The number of carbonyl (C=O) groups excluding carboxylic acids is 2. The van der Waals surface area contributed by atoms with Crippen LogP contribution in [0.5, 0.6) is 0 Å². The predicted octanol–water partition coefficient (Wildman–Crippen LogP) is -0.388. The number of amides is 2. The predicted molar refractivity (Wildman–Crippen MR) is 61.6 cm³/mol. The summed E-state index contributed by atoms with van der Waals surface area (Å²) < 4.78 is 0. The normalized spacial score (nSPS) is 22.8. The highest BCUT2D eigenvalue weighted by atomic mass is 16.2. The van der Waals surface area contributed by atoms with Crippen LogP contribution >= 0.6 is 0 Å². The molecule has 0 saturated carbocycles. The Kier molecular flexibility index (Phi) is 4.73. The van der Waals surface area contributed by atoms with Gasteiger partial charge in [-0.1, -0.05) is 13.8 Å². The fourth-order valence-electron chi connectivity index (χ4n) is 1.85. The summed E-state index contributed by atoms with van der Waals surface area (Å²) in [4.78, 5) is 22.8. The van der Waals surface area contributed by atoms with E-state index in [0.717, 1.165) is 0 Å². The summed E-state index contributed by atoms with van der Waals surface area (Å²) >= 11 is 0. The van der Waals surface area contributed by atoms with Gasteiger partial charge in [0.1, 0.15) is 0 Å². The van der Waals surface area contributed by atoms with E-state index in [1.807, 2.05) is 13.8 Å². The zero-order chi connectivity index (χ0) is 12.1. The minimum absolute atomic E-state index is 0.00125. The molecule has 1 rings (SSSR count). The van der Waals surface area contributed by atoms with Crippen molar-refractivity contribution < 1.29 is 9.59 Å². The Morgan fingerprint density at radius 3 is 2.75 bits per heavy atom. The summed E-state index contributed by atoms with van der Waals surface area (Å²) in [6.07, 6.45) is 1.20. The number of nitrogens with one attached hydrogen (secondary N) is 2. The van der Waals surface area contributed by atoms with Crippen molar-refractivity contribution in [2.24, 2.45) is 17.6 Å². The van der Waals surface area contributed by atoms with Gasteiger partial charge >= 0.3 is 0 Å². The molecule has 0 aliphatic carbocycles. The maximum atomic E-state index is 11.9. The average Bonchev–Trinajstić information content (AvgIpc) is 2.22. The number of rotatable bonds is 4. The molecule has 0 aromatic heterocycles. The van der Waals surface area contributed by atoms with Crippen LogP contribution in [-0.4, -0.2) is 30.9 Å². The van der Waals surface area contributed by atoms with Gasteiger partial charge < -0.3 is 16.4 Å². The Balaban J connectivity index is 2.41. The molecule has 1 aliphatic rings. The molecule has 2 amide bonds. The number of piperidine rings is 1. The molecule has 5 heteroatoms. The van der Waals surface area contributed by atoms with Crippen molar-refractivity contribution in [1.29, 1.82) is 0 Å². The molecular weight excluding hydrogens is 206 g/mol. The molecule has 92 valence electrons. The molecule has 0 spiro atoms. The standard InChI is InChI=1S/C11H21N3O2/c1-7(2)9(5-12)11(16)14-8-3-4-10(15)13-6-8/h7-9H,3-6,12H2,1-2H3,(H,13,15)(H,14,16). The van der Waals surface area contributed by atoms with Gasteiger partial charge in [0.25, 0.3) is 0 Å². The van der Waals surface area contributed by atoms with Gasteiger partial charge in [0.15, 0.2) is 0 Å². The molecule has 0 aromatic carbocycles. The Bertz CT molecular complexity index is 256. The lowest BCUT2D eigenvalue weighted by atomic mass is 9.94. The lowest BCUT2D eigenvalue weighted by Crippen LogP contribution is -2.50. The fraction of sp³-hybridized carbons (Fsp3) is 0.818. The van der Waals surface area contributed by atoms with Crippen LogP contribution in [0.25, 0.3) is 0 Å². The number of carbonyl (C=O) groups is 2. The molecule has 2 unspecified atom stereocenters. The third kappa shape index (κ3) is 3.48. The molecular formula is C11H21N3O2. The van der Waals surface area contributed by atoms with Crippen LogP contribution in [0.2, 0.25) is 0 Å². The van der Waals surface area contributed by atoms with Crippen molar-refractivity contribution in [1.82, 2.24) is 10.6 Å². The second-order valence-corrected chi connectivity index (χ2v) is 4.63. The van der Waals surface area contributed by atoms with Gasteiger partial charge in [-0.15, -0.1) is 0 Å². The van der Waals surface area contributed by atoms with Crippen LogP contribution in [0.4, 0.5) is 0 Å². The van der Waals surface area contributed by atoms with Crippen molar-refractivity contribution in [3.63, 3.8) is 0 Å². The summed E-state index contributed by atoms with van der Waals surface area (Å²) in [6, 6.07) is 0.0537. The molecule has 5 nitrogen and oxygen atoms in total. The molecule has 1 heterocycles. The van der Waals surface area contributed by atoms with Gasteiger partial charge in [-0.3, -0.25) is 9.59 Å². The van der Waals surface area contributed by atoms with Gasteiger partial charge in [-0.25, -0.2) is 0 Å². The molecule has 16 heavy (non-hydrogen) atoms. The zero-order valence-electron chi connectivity index (χ0n) is 9.95. The largest absolute Gasteiger partial charge is 0.354 e. The molecule has 1 fully saturated rings. The summed E-state index contributed by atoms with van der Waals surface area (Å²) in [5, 5.41) is 5.68. The van der Waals surface area contributed by atoms with Crippen molar-refractivity contribution in [2.75, 3.05) is 13.1 Å². The zero-order valence-corrected chi connectivity index (χ0v) is 9.95. The van der Waals surface area contributed by atoms with Crippen LogP contribution < -0.4 is 16.4 Å². The monoisotopic (exact) mass is 227 g/mol. The van der Waals surface area contributed by atoms with E-state index in [2.05, 4.69) is 10.6 Å². The molecule has 2 atom stereocenters. The maximum Gasteiger partial charge on any atom is 0.224 e. The van der Waals surface area contributed by atoms with Gasteiger partial charge in [-0.05, 0) is 12.3 Å². The Hall–Kier alpha value is -1.10. The minimum atomic E-state index is -0.141. The number of hydrogen-bond acceptors (Lipinski definition) is 3. The van der Waals surface area contributed by atoms with Crippen molar-refractivity contribution >= 4 is 11.8 Å². The summed E-state index contributed by atoms with van der Waals surface area (Å²) in [6.45, 7) is 4.86. The molecule has 4 N–H and O–H groups in total. The van der Waals surface area contributed by atoms with E-state index in [-0.39, 0.29) is 29.7 Å². The Labute approximate surface area is 96.1 Å². The third-order valence-corrected chi connectivity index (χ3v) is 3.01. The van der Waals surface area contributed by atoms with Gasteiger partial charge in [0.2, 0.25) is 11.8 Å². The minimum Gasteiger partial charge on any atom is -0.354 e. The van der Waals surface area contributed by atoms with Crippen LogP contribution in [-0.2, 0) is 9.59 Å².